The van der Waals surface area contributed by atoms with Crippen molar-refractivity contribution in [3.05, 3.63) is 0 Å². The van der Waals surface area contributed by atoms with Gasteiger partial charge < -0.3 is 10.1 Å². The number of ether oxygens (including phenoxy) is 1. The van der Waals surface area contributed by atoms with Gasteiger partial charge in [-0.2, -0.15) is 4.31 Å². The van der Waals surface area contributed by atoms with Gasteiger partial charge in [-0.1, -0.05) is 6.92 Å². The summed E-state index contributed by atoms with van der Waals surface area (Å²) in [4.78, 5) is 11.7. The Balaban J connectivity index is 2.09. The summed E-state index contributed by atoms with van der Waals surface area (Å²) < 4.78 is 31.4. The molecule has 2 heterocycles. The molecule has 1 amide bonds. The number of nitrogens with one attached hydrogen (secondary N) is 1. The molecule has 0 aliphatic carbocycles. The molecule has 0 aromatic carbocycles. The molecule has 104 valence electrons. The van der Waals surface area contributed by atoms with Crippen LogP contribution < -0.4 is 5.32 Å². The Kier molecular flexibility index (Phi) is 4.24. The molecule has 2 rings (SSSR count). The van der Waals surface area contributed by atoms with Gasteiger partial charge in [-0.05, 0) is 19.3 Å². The van der Waals surface area contributed by atoms with Gasteiger partial charge in [0.15, 0.2) is 0 Å². The van der Waals surface area contributed by atoms with Crippen molar-refractivity contribution in [2.45, 2.75) is 38.3 Å². The third-order valence-electron chi connectivity index (χ3n) is 3.45. The van der Waals surface area contributed by atoms with Crippen molar-refractivity contribution in [1.29, 1.82) is 0 Å². The van der Waals surface area contributed by atoms with E-state index in [4.69, 9.17) is 4.74 Å². The lowest BCUT2D eigenvalue weighted by molar-refractivity contribution is -0.126. The molecule has 2 aliphatic rings. The van der Waals surface area contributed by atoms with Crippen molar-refractivity contribution >= 4 is 15.9 Å². The first-order chi connectivity index (χ1) is 8.54. The fourth-order valence-corrected chi connectivity index (χ4v) is 4.45. The Bertz CT molecular complexity index is 403. The van der Waals surface area contributed by atoms with Crippen LogP contribution in [-0.4, -0.2) is 56.2 Å². The monoisotopic (exact) mass is 276 g/mol. The molecule has 6 nitrogen and oxygen atoms in total. The average Bonchev–Trinajstić information content (AvgIpc) is 2.80. The fraction of sp³-hybridized carbons (Fsp3) is 0.909. The Morgan fingerprint density at radius 2 is 2.28 bits per heavy atom. The molecule has 0 spiro atoms. The minimum Gasteiger partial charge on any atom is -0.377 e. The maximum atomic E-state index is 12.3. The normalized spacial score (nSPS) is 30.4. The van der Waals surface area contributed by atoms with E-state index in [0.717, 1.165) is 12.8 Å². The predicted octanol–water partition coefficient (Wildman–Crippen LogP) is -0.294. The van der Waals surface area contributed by atoms with Crippen LogP contribution in [0, 0.1) is 0 Å². The molecule has 2 atom stereocenters. The lowest BCUT2D eigenvalue weighted by atomic mass is 10.2. The van der Waals surface area contributed by atoms with Crippen LogP contribution in [0.2, 0.25) is 0 Å². The van der Waals surface area contributed by atoms with Crippen LogP contribution in [-0.2, 0) is 19.6 Å². The van der Waals surface area contributed by atoms with Crippen molar-refractivity contribution < 1.29 is 17.9 Å². The second-order valence-corrected chi connectivity index (χ2v) is 6.71. The lowest BCUT2D eigenvalue weighted by Gasteiger charge is -2.33. The molecule has 1 N–H and O–H groups in total. The molecule has 0 aromatic heterocycles. The van der Waals surface area contributed by atoms with Crippen LogP contribution in [0.1, 0.15) is 26.2 Å². The van der Waals surface area contributed by atoms with Gasteiger partial charge in [0.2, 0.25) is 15.9 Å². The number of nitrogens with zero attached hydrogens (tertiary/aromatic N) is 1. The van der Waals surface area contributed by atoms with E-state index in [2.05, 4.69) is 5.32 Å². The van der Waals surface area contributed by atoms with Crippen molar-refractivity contribution in [2.24, 2.45) is 0 Å². The van der Waals surface area contributed by atoms with Crippen LogP contribution in [0.4, 0.5) is 0 Å². The van der Waals surface area contributed by atoms with Crippen LogP contribution >= 0.6 is 0 Å². The highest BCUT2D eigenvalue weighted by Crippen LogP contribution is 2.19. The van der Waals surface area contributed by atoms with E-state index >= 15 is 0 Å². The van der Waals surface area contributed by atoms with Crippen molar-refractivity contribution in [3.63, 3.8) is 0 Å². The number of hydrogen-bond donors (Lipinski definition) is 1. The first-order valence-electron chi connectivity index (χ1n) is 6.43. The lowest BCUT2D eigenvalue weighted by Crippen LogP contribution is -2.57. The smallest absolute Gasteiger partial charge is 0.238 e. The van der Waals surface area contributed by atoms with E-state index in [-0.39, 0.29) is 17.8 Å². The van der Waals surface area contributed by atoms with Gasteiger partial charge in [0.05, 0.1) is 11.9 Å². The largest absolute Gasteiger partial charge is 0.377 e. The first kappa shape index (κ1) is 13.8. The Hall–Kier alpha value is -0.660. The third-order valence-corrected chi connectivity index (χ3v) is 5.39. The summed E-state index contributed by atoms with van der Waals surface area (Å²) in [6, 6.07) is -0.565. The molecule has 7 heteroatoms. The van der Waals surface area contributed by atoms with Crippen molar-refractivity contribution in [3.8, 4) is 0 Å². The zero-order valence-corrected chi connectivity index (χ0v) is 11.4. The molecule has 0 bridgehead atoms. The number of hydrogen-bond acceptors (Lipinski definition) is 4. The second kappa shape index (κ2) is 5.54. The summed E-state index contributed by atoms with van der Waals surface area (Å²) in [5.74, 6) is -0.198. The molecule has 0 saturated carbocycles. The highest BCUT2D eigenvalue weighted by molar-refractivity contribution is 7.89. The molecular weight excluding hydrogens is 256 g/mol. The van der Waals surface area contributed by atoms with Gasteiger partial charge >= 0.3 is 0 Å². The van der Waals surface area contributed by atoms with Gasteiger partial charge in [0.25, 0.3) is 0 Å². The highest BCUT2D eigenvalue weighted by Gasteiger charge is 2.38. The van der Waals surface area contributed by atoms with Crippen molar-refractivity contribution in [2.75, 3.05) is 25.4 Å². The second-order valence-electron chi connectivity index (χ2n) is 4.74. The quantitative estimate of drug-likeness (QED) is 0.765. The molecule has 2 fully saturated rings. The summed E-state index contributed by atoms with van der Waals surface area (Å²) in [5.41, 5.74) is 0. The third kappa shape index (κ3) is 2.84. The standard InChI is InChI=1S/C11H20N2O4S/c1-2-10-11(14)12-5-6-13(10)18(15,16)8-9-4-3-7-17-9/h9-10H,2-8H2,1H3,(H,12,14). The molecular formula is C11H20N2O4S. The zero-order chi connectivity index (χ0) is 13.2. The van der Waals surface area contributed by atoms with E-state index < -0.39 is 16.1 Å². The summed E-state index contributed by atoms with van der Waals surface area (Å²) in [6.45, 7) is 3.21. The fourth-order valence-electron chi connectivity index (χ4n) is 2.52. The number of carbonyl (C=O) groups excluding carboxylic acids is 1. The number of sulfonamides is 1. The van der Waals surface area contributed by atoms with Crippen LogP contribution in [0.25, 0.3) is 0 Å². The van der Waals surface area contributed by atoms with Crippen molar-refractivity contribution in [1.82, 2.24) is 9.62 Å². The average molecular weight is 276 g/mol. The summed E-state index contributed by atoms with van der Waals surface area (Å²) in [5, 5.41) is 2.70. The minimum absolute atomic E-state index is 0.00319. The number of rotatable bonds is 4. The summed E-state index contributed by atoms with van der Waals surface area (Å²) >= 11 is 0. The number of piperazine rings is 1. The summed E-state index contributed by atoms with van der Waals surface area (Å²) in [6.07, 6.45) is 1.99. The summed E-state index contributed by atoms with van der Waals surface area (Å²) in [7, 11) is -3.41. The van der Waals surface area contributed by atoms with Gasteiger partial charge in [-0.15, -0.1) is 0 Å². The van der Waals surface area contributed by atoms with Crippen LogP contribution in [0.5, 0.6) is 0 Å². The van der Waals surface area contributed by atoms with E-state index in [1.54, 1.807) is 0 Å². The molecule has 2 aliphatic heterocycles. The Labute approximate surface area is 108 Å². The predicted molar refractivity (Wildman–Crippen MR) is 66.6 cm³/mol. The van der Waals surface area contributed by atoms with Crippen LogP contribution in [0.15, 0.2) is 0 Å². The van der Waals surface area contributed by atoms with E-state index in [1.165, 1.54) is 4.31 Å². The minimum atomic E-state index is -3.41. The molecule has 18 heavy (non-hydrogen) atoms. The zero-order valence-electron chi connectivity index (χ0n) is 10.6. The van der Waals surface area contributed by atoms with E-state index in [1.807, 2.05) is 6.92 Å². The maximum absolute atomic E-state index is 12.3. The molecule has 0 aromatic rings. The van der Waals surface area contributed by atoms with Gasteiger partial charge in [-0.25, -0.2) is 8.42 Å². The van der Waals surface area contributed by atoms with Gasteiger partial charge in [0.1, 0.15) is 6.04 Å². The number of carbonyl (C=O) groups is 1. The first-order valence-corrected chi connectivity index (χ1v) is 8.04. The Morgan fingerprint density at radius 3 is 2.89 bits per heavy atom. The van der Waals surface area contributed by atoms with Gasteiger partial charge in [0, 0.05) is 19.7 Å². The molecule has 0 radical (unpaired) electrons. The maximum Gasteiger partial charge on any atom is 0.238 e. The van der Waals surface area contributed by atoms with E-state index in [0.29, 0.717) is 26.1 Å². The SMILES string of the molecule is CCC1C(=O)NCCN1S(=O)(=O)CC1CCCO1. The molecule has 2 unspecified atom stereocenters. The van der Waals surface area contributed by atoms with Gasteiger partial charge in [-0.3, -0.25) is 4.79 Å². The van der Waals surface area contributed by atoms with Crippen LogP contribution in [0.3, 0.4) is 0 Å². The number of amides is 1. The molecule has 2 saturated heterocycles. The topological polar surface area (TPSA) is 75.7 Å². The van der Waals surface area contributed by atoms with E-state index in [9.17, 15) is 13.2 Å². The Morgan fingerprint density at radius 1 is 1.50 bits per heavy atom. The highest BCUT2D eigenvalue weighted by atomic mass is 32.2.